The molecule has 74 valence electrons. The molecule has 0 atom stereocenters. The van der Waals surface area contributed by atoms with Gasteiger partial charge >= 0.3 is 0 Å². The Labute approximate surface area is 87.2 Å². The fourth-order valence-corrected chi connectivity index (χ4v) is 0.903. The molecule has 0 unspecified atom stereocenters. The summed E-state index contributed by atoms with van der Waals surface area (Å²) in [6.45, 7) is 1.90. The second-order valence-electron chi connectivity index (χ2n) is 2.66. The zero-order valence-electron chi connectivity index (χ0n) is 7.69. The number of pyridine rings is 1. The molecular formula is C8H11N5S. The first kappa shape index (κ1) is 10.4. The minimum absolute atomic E-state index is 0.104. The molecule has 1 aromatic heterocycles. The summed E-state index contributed by atoms with van der Waals surface area (Å²) in [7, 11) is 0. The zero-order valence-corrected chi connectivity index (χ0v) is 8.51. The van der Waals surface area contributed by atoms with Gasteiger partial charge in [-0.1, -0.05) is 0 Å². The van der Waals surface area contributed by atoms with Gasteiger partial charge in [-0.25, -0.2) is 0 Å². The van der Waals surface area contributed by atoms with Crippen LogP contribution in [-0.2, 0) is 0 Å². The van der Waals surface area contributed by atoms with Gasteiger partial charge < -0.3 is 11.5 Å². The van der Waals surface area contributed by atoms with Crippen molar-refractivity contribution in [3.05, 3.63) is 23.5 Å². The van der Waals surface area contributed by atoms with Gasteiger partial charge in [0.2, 0.25) is 0 Å². The first-order valence-corrected chi connectivity index (χ1v) is 4.31. The maximum atomic E-state index is 5.75. The number of rotatable bonds is 2. The maximum Gasteiger partial charge on any atom is 0.184 e. The van der Waals surface area contributed by atoms with Crippen molar-refractivity contribution in [1.82, 2.24) is 10.4 Å². The highest BCUT2D eigenvalue weighted by atomic mass is 32.1. The number of hydrazone groups is 1. The van der Waals surface area contributed by atoms with Crippen LogP contribution in [0.4, 0.5) is 5.69 Å². The van der Waals surface area contributed by atoms with Crippen molar-refractivity contribution in [1.29, 1.82) is 0 Å². The van der Waals surface area contributed by atoms with E-state index in [1.165, 1.54) is 6.21 Å². The Morgan fingerprint density at radius 2 is 2.43 bits per heavy atom. The van der Waals surface area contributed by atoms with E-state index >= 15 is 0 Å². The highest BCUT2D eigenvalue weighted by Crippen LogP contribution is 2.10. The molecule has 0 spiro atoms. The molecule has 6 heteroatoms. The highest BCUT2D eigenvalue weighted by molar-refractivity contribution is 7.80. The topological polar surface area (TPSA) is 89.3 Å². The number of aromatic nitrogens is 1. The van der Waals surface area contributed by atoms with E-state index in [-0.39, 0.29) is 5.11 Å². The standard InChI is InChI=1S/C8H11N5S/c1-5-2-3-11-6(7(5)9)4-12-13-8(10)14/h2-4H,9H2,1H3,(H3,10,13,14). The molecule has 5 nitrogen and oxygen atoms in total. The van der Waals surface area contributed by atoms with Crippen LogP contribution in [0.2, 0.25) is 0 Å². The maximum absolute atomic E-state index is 5.75. The van der Waals surface area contributed by atoms with Crippen molar-refractivity contribution in [3.63, 3.8) is 0 Å². The molecule has 0 saturated carbocycles. The van der Waals surface area contributed by atoms with Gasteiger partial charge in [0, 0.05) is 6.20 Å². The molecule has 0 saturated heterocycles. The molecular weight excluding hydrogens is 198 g/mol. The molecule has 0 amide bonds. The lowest BCUT2D eigenvalue weighted by atomic mass is 10.2. The fraction of sp³-hybridized carbons (Fsp3) is 0.125. The summed E-state index contributed by atoms with van der Waals surface area (Å²) < 4.78 is 0. The van der Waals surface area contributed by atoms with Crippen molar-refractivity contribution >= 4 is 29.2 Å². The summed E-state index contributed by atoms with van der Waals surface area (Å²) in [5, 5.41) is 3.86. The molecule has 1 heterocycles. The lowest BCUT2D eigenvalue weighted by Crippen LogP contribution is -2.24. The Kier molecular flexibility index (Phi) is 3.35. The predicted molar refractivity (Wildman–Crippen MR) is 60.9 cm³/mol. The summed E-state index contributed by atoms with van der Waals surface area (Å²) in [6.07, 6.45) is 3.13. The van der Waals surface area contributed by atoms with Gasteiger partial charge in [-0.3, -0.25) is 10.4 Å². The van der Waals surface area contributed by atoms with Gasteiger partial charge in [0.05, 0.1) is 11.9 Å². The van der Waals surface area contributed by atoms with Crippen molar-refractivity contribution in [2.24, 2.45) is 10.8 Å². The zero-order chi connectivity index (χ0) is 10.6. The number of aryl methyl sites for hydroxylation is 1. The number of hydrogen-bond donors (Lipinski definition) is 3. The van der Waals surface area contributed by atoms with Gasteiger partial charge in [-0.05, 0) is 30.8 Å². The average Bonchev–Trinajstić information content (AvgIpc) is 2.12. The van der Waals surface area contributed by atoms with Gasteiger partial charge in [0.15, 0.2) is 5.11 Å². The van der Waals surface area contributed by atoms with E-state index in [0.29, 0.717) is 11.4 Å². The third kappa shape index (κ3) is 2.67. The quantitative estimate of drug-likeness (QED) is 0.366. The number of thiocarbonyl (C=S) groups is 1. The first-order valence-electron chi connectivity index (χ1n) is 3.91. The molecule has 0 aliphatic heterocycles. The molecule has 0 aliphatic rings. The van der Waals surface area contributed by atoms with Crippen LogP contribution in [0.15, 0.2) is 17.4 Å². The van der Waals surface area contributed by atoms with Crippen molar-refractivity contribution in [2.45, 2.75) is 6.92 Å². The molecule has 14 heavy (non-hydrogen) atoms. The van der Waals surface area contributed by atoms with E-state index in [9.17, 15) is 0 Å². The van der Waals surface area contributed by atoms with E-state index in [2.05, 4.69) is 27.7 Å². The third-order valence-corrected chi connectivity index (χ3v) is 1.69. The van der Waals surface area contributed by atoms with Gasteiger partial charge in [-0.15, -0.1) is 0 Å². The summed E-state index contributed by atoms with van der Waals surface area (Å²) in [4.78, 5) is 4.04. The van der Waals surface area contributed by atoms with Crippen LogP contribution in [0, 0.1) is 6.92 Å². The first-order chi connectivity index (χ1) is 6.61. The molecule has 0 aliphatic carbocycles. The lowest BCUT2D eigenvalue weighted by Gasteiger charge is -2.01. The molecule has 0 radical (unpaired) electrons. The number of anilines is 1. The normalized spacial score (nSPS) is 10.4. The monoisotopic (exact) mass is 209 g/mol. The highest BCUT2D eigenvalue weighted by Gasteiger charge is 1.99. The van der Waals surface area contributed by atoms with Crippen LogP contribution in [0.25, 0.3) is 0 Å². The number of nitrogens with zero attached hydrogens (tertiary/aromatic N) is 2. The summed E-state index contributed by atoms with van der Waals surface area (Å²) in [5.41, 5.74) is 15.5. The SMILES string of the molecule is Cc1ccnc(C=NNC(N)=S)c1N. The molecule has 0 aromatic carbocycles. The van der Waals surface area contributed by atoms with Crippen LogP contribution < -0.4 is 16.9 Å². The molecule has 1 rings (SSSR count). The van der Waals surface area contributed by atoms with Crippen LogP contribution in [0.3, 0.4) is 0 Å². The number of nitrogens with one attached hydrogen (secondary N) is 1. The van der Waals surface area contributed by atoms with Gasteiger partial charge in [0.25, 0.3) is 0 Å². The number of hydrogen-bond acceptors (Lipinski definition) is 4. The van der Waals surface area contributed by atoms with E-state index in [4.69, 9.17) is 11.5 Å². The smallest absolute Gasteiger partial charge is 0.184 e. The van der Waals surface area contributed by atoms with Crippen LogP contribution >= 0.6 is 12.2 Å². The second kappa shape index (κ2) is 4.52. The van der Waals surface area contributed by atoms with E-state index in [1.54, 1.807) is 6.20 Å². The van der Waals surface area contributed by atoms with Crippen molar-refractivity contribution < 1.29 is 0 Å². The summed E-state index contributed by atoms with van der Waals surface area (Å²) in [5.74, 6) is 0. The van der Waals surface area contributed by atoms with Crippen molar-refractivity contribution in [2.75, 3.05) is 5.73 Å². The fourth-order valence-electron chi connectivity index (χ4n) is 0.851. The summed E-state index contributed by atoms with van der Waals surface area (Å²) in [6, 6.07) is 1.83. The number of nitrogens with two attached hydrogens (primary N) is 2. The Morgan fingerprint density at radius 3 is 3.07 bits per heavy atom. The Morgan fingerprint density at radius 1 is 1.71 bits per heavy atom. The van der Waals surface area contributed by atoms with Crippen LogP contribution in [-0.4, -0.2) is 16.3 Å². The Balaban J connectivity index is 2.81. The minimum Gasteiger partial charge on any atom is -0.397 e. The lowest BCUT2D eigenvalue weighted by molar-refractivity contribution is 1.04. The molecule has 5 N–H and O–H groups in total. The predicted octanol–water partition coefficient (Wildman–Crippen LogP) is 0.139. The van der Waals surface area contributed by atoms with E-state index < -0.39 is 0 Å². The summed E-state index contributed by atoms with van der Waals surface area (Å²) >= 11 is 4.57. The number of nitrogen functional groups attached to an aromatic ring is 1. The largest absolute Gasteiger partial charge is 0.397 e. The molecule has 1 aromatic rings. The Hall–Kier alpha value is -1.69. The van der Waals surface area contributed by atoms with Gasteiger partial charge in [0.1, 0.15) is 5.69 Å². The Bertz CT molecular complexity index is 374. The molecule has 0 bridgehead atoms. The van der Waals surface area contributed by atoms with Crippen LogP contribution in [0.1, 0.15) is 11.3 Å². The van der Waals surface area contributed by atoms with E-state index in [0.717, 1.165) is 5.56 Å². The molecule has 0 fully saturated rings. The van der Waals surface area contributed by atoms with E-state index in [1.807, 2.05) is 13.0 Å². The van der Waals surface area contributed by atoms with Crippen molar-refractivity contribution in [3.8, 4) is 0 Å². The van der Waals surface area contributed by atoms with Crippen LogP contribution in [0.5, 0.6) is 0 Å². The minimum atomic E-state index is 0.104. The second-order valence-corrected chi connectivity index (χ2v) is 3.10. The van der Waals surface area contributed by atoms with Gasteiger partial charge in [-0.2, -0.15) is 5.10 Å². The average molecular weight is 209 g/mol. The third-order valence-electron chi connectivity index (χ3n) is 1.60.